The minimum absolute atomic E-state index is 0.108. The molecular formula is C21H29N3O2S. The Morgan fingerprint density at radius 2 is 1.89 bits per heavy atom. The molecule has 1 N–H and O–H groups in total. The van der Waals surface area contributed by atoms with Gasteiger partial charge >= 0.3 is 0 Å². The third-order valence-corrected chi connectivity index (χ3v) is 6.93. The Morgan fingerprint density at radius 3 is 2.63 bits per heavy atom. The molecule has 1 heterocycles. The van der Waals surface area contributed by atoms with Crippen LogP contribution in [0.15, 0.2) is 23.1 Å². The molecule has 0 aromatic heterocycles. The van der Waals surface area contributed by atoms with Gasteiger partial charge in [-0.15, -0.1) is 11.8 Å². The Kier molecular flexibility index (Phi) is 5.74. The molecule has 2 fully saturated rings. The van der Waals surface area contributed by atoms with Crippen molar-refractivity contribution in [2.75, 3.05) is 31.9 Å². The molecule has 0 radical (unpaired) electrons. The van der Waals surface area contributed by atoms with Gasteiger partial charge in [0.25, 0.3) is 0 Å². The Hall–Kier alpha value is -1.53. The second kappa shape index (κ2) is 8.23. The van der Waals surface area contributed by atoms with E-state index in [1.54, 1.807) is 11.8 Å². The first-order valence-corrected chi connectivity index (χ1v) is 11.2. The van der Waals surface area contributed by atoms with E-state index in [0.717, 1.165) is 25.9 Å². The number of hydrogen-bond acceptors (Lipinski definition) is 4. The van der Waals surface area contributed by atoms with Gasteiger partial charge in [-0.25, -0.2) is 0 Å². The SMILES string of the molecule is CC(C(=O)NC1CC1)N1CCN(C(=O)CSc2ccc3c(c2)CCC3)CC1. The molecule has 5 nitrogen and oxygen atoms in total. The topological polar surface area (TPSA) is 52.7 Å². The molecule has 1 unspecified atom stereocenters. The molecule has 1 aromatic carbocycles. The fourth-order valence-electron chi connectivity index (χ4n) is 3.95. The summed E-state index contributed by atoms with van der Waals surface area (Å²) in [4.78, 5) is 30.1. The minimum Gasteiger partial charge on any atom is -0.352 e. The summed E-state index contributed by atoms with van der Waals surface area (Å²) in [7, 11) is 0. The van der Waals surface area contributed by atoms with E-state index in [4.69, 9.17) is 0 Å². The lowest BCUT2D eigenvalue weighted by Gasteiger charge is -2.37. The van der Waals surface area contributed by atoms with E-state index in [-0.39, 0.29) is 17.9 Å². The van der Waals surface area contributed by atoms with Crippen LogP contribution in [0.4, 0.5) is 0 Å². The highest BCUT2D eigenvalue weighted by molar-refractivity contribution is 8.00. The van der Waals surface area contributed by atoms with Gasteiger partial charge in [-0.05, 0) is 62.3 Å². The Bertz CT molecular complexity index is 711. The van der Waals surface area contributed by atoms with E-state index in [1.807, 2.05) is 11.8 Å². The number of thioether (sulfide) groups is 1. The zero-order valence-corrected chi connectivity index (χ0v) is 16.9. The molecule has 4 rings (SSSR count). The quantitative estimate of drug-likeness (QED) is 0.760. The van der Waals surface area contributed by atoms with Gasteiger partial charge in [-0.1, -0.05) is 6.07 Å². The van der Waals surface area contributed by atoms with Crippen LogP contribution in [-0.2, 0) is 22.4 Å². The molecular weight excluding hydrogens is 358 g/mol. The van der Waals surface area contributed by atoms with E-state index >= 15 is 0 Å². The Labute approximate surface area is 165 Å². The lowest BCUT2D eigenvalue weighted by Crippen LogP contribution is -2.55. The number of carbonyl (C=O) groups excluding carboxylic acids is 2. The lowest BCUT2D eigenvalue weighted by molar-refractivity contribution is -0.131. The molecule has 1 saturated heterocycles. The maximum Gasteiger partial charge on any atom is 0.237 e. The van der Waals surface area contributed by atoms with Gasteiger partial charge in [0, 0.05) is 37.1 Å². The number of benzene rings is 1. The van der Waals surface area contributed by atoms with Crippen LogP contribution in [0.5, 0.6) is 0 Å². The lowest BCUT2D eigenvalue weighted by atomic mass is 10.1. The second-order valence-corrected chi connectivity index (χ2v) is 9.00. The fraction of sp³-hybridized carbons (Fsp3) is 0.619. The molecule has 1 saturated carbocycles. The van der Waals surface area contributed by atoms with Gasteiger partial charge in [0.15, 0.2) is 0 Å². The van der Waals surface area contributed by atoms with Crippen LogP contribution in [0, 0.1) is 0 Å². The molecule has 6 heteroatoms. The third-order valence-electron chi connectivity index (χ3n) is 5.95. The normalized spacial score (nSPS) is 21.0. The van der Waals surface area contributed by atoms with Gasteiger partial charge in [-0.3, -0.25) is 14.5 Å². The van der Waals surface area contributed by atoms with Crippen molar-refractivity contribution in [2.45, 2.75) is 56.0 Å². The van der Waals surface area contributed by atoms with Crippen molar-refractivity contribution in [3.8, 4) is 0 Å². The number of aryl methyl sites for hydroxylation is 2. The maximum absolute atomic E-state index is 12.6. The molecule has 1 atom stereocenters. The molecule has 0 bridgehead atoms. The molecule has 146 valence electrons. The minimum atomic E-state index is -0.108. The number of rotatable bonds is 6. The summed E-state index contributed by atoms with van der Waals surface area (Å²) in [6.07, 6.45) is 5.85. The summed E-state index contributed by atoms with van der Waals surface area (Å²) < 4.78 is 0. The van der Waals surface area contributed by atoms with Gasteiger partial charge in [0.2, 0.25) is 11.8 Å². The highest BCUT2D eigenvalue weighted by atomic mass is 32.2. The van der Waals surface area contributed by atoms with Crippen molar-refractivity contribution in [2.24, 2.45) is 0 Å². The summed E-state index contributed by atoms with van der Waals surface area (Å²) in [5, 5.41) is 3.08. The van der Waals surface area contributed by atoms with Crippen LogP contribution in [0.25, 0.3) is 0 Å². The van der Waals surface area contributed by atoms with E-state index in [9.17, 15) is 9.59 Å². The van der Waals surface area contributed by atoms with Gasteiger partial charge < -0.3 is 10.2 Å². The highest BCUT2D eigenvalue weighted by Gasteiger charge is 2.30. The first-order chi connectivity index (χ1) is 13.1. The maximum atomic E-state index is 12.6. The van der Waals surface area contributed by atoms with Crippen molar-refractivity contribution < 1.29 is 9.59 Å². The summed E-state index contributed by atoms with van der Waals surface area (Å²) in [5.41, 5.74) is 2.93. The van der Waals surface area contributed by atoms with Crippen LogP contribution < -0.4 is 5.32 Å². The molecule has 27 heavy (non-hydrogen) atoms. The van der Waals surface area contributed by atoms with Gasteiger partial charge in [0.1, 0.15) is 0 Å². The van der Waals surface area contributed by atoms with Gasteiger partial charge in [0.05, 0.1) is 11.8 Å². The van der Waals surface area contributed by atoms with Crippen LogP contribution >= 0.6 is 11.8 Å². The van der Waals surface area contributed by atoms with Gasteiger partial charge in [-0.2, -0.15) is 0 Å². The monoisotopic (exact) mass is 387 g/mol. The van der Waals surface area contributed by atoms with Crippen molar-refractivity contribution in [1.82, 2.24) is 15.1 Å². The van der Waals surface area contributed by atoms with Crippen molar-refractivity contribution >= 4 is 23.6 Å². The number of piperazine rings is 1. The van der Waals surface area contributed by atoms with E-state index in [2.05, 4.69) is 28.4 Å². The fourth-order valence-corrected chi connectivity index (χ4v) is 4.81. The van der Waals surface area contributed by atoms with Crippen molar-refractivity contribution in [3.05, 3.63) is 29.3 Å². The average molecular weight is 388 g/mol. The largest absolute Gasteiger partial charge is 0.352 e. The van der Waals surface area contributed by atoms with Crippen molar-refractivity contribution in [1.29, 1.82) is 0 Å². The summed E-state index contributed by atoms with van der Waals surface area (Å²) in [6.45, 7) is 4.94. The van der Waals surface area contributed by atoms with E-state index in [1.165, 1.54) is 35.3 Å². The molecule has 1 aromatic rings. The van der Waals surface area contributed by atoms with E-state index < -0.39 is 0 Å². The Morgan fingerprint density at radius 1 is 1.15 bits per heavy atom. The molecule has 1 aliphatic heterocycles. The van der Waals surface area contributed by atoms with Crippen molar-refractivity contribution in [3.63, 3.8) is 0 Å². The number of carbonyl (C=O) groups is 2. The molecule has 0 spiro atoms. The smallest absolute Gasteiger partial charge is 0.237 e. The summed E-state index contributed by atoms with van der Waals surface area (Å²) in [5.74, 6) is 0.830. The first kappa shape index (κ1) is 18.8. The number of nitrogens with one attached hydrogen (secondary N) is 1. The van der Waals surface area contributed by atoms with Crippen LogP contribution in [-0.4, -0.2) is 65.6 Å². The number of amides is 2. The Balaban J connectivity index is 1.22. The predicted molar refractivity (Wildman–Crippen MR) is 108 cm³/mol. The molecule has 2 amide bonds. The van der Waals surface area contributed by atoms with E-state index in [0.29, 0.717) is 24.9 Å². The third kappa shape index (κ3) is 4.66. The van der Waals surface area contributed by atoms with Crippen LogP contribution in [0.3, 0.4) is 0 Å². The molecule has 3 aliphatic rings. The summed E-state index contributed by atoms with van der Waals surface area (Å²) >= 11 is 1.65. The number of hydrogen-bond donors (Lipinski definition) is 1. The predicted octanol–water partition coefficient (Wildman–Crippen LogP) is 2.08. The summed E-state index contributed by atoms with van der Waals surface area (Å²) in [6, 6.07) is 6.93. The first-order valence-electron chi connectivity index (χ1n) is 10.2. The number of fused-ring (bicyclic) bond motifs is 1. The van der Waals surface area contributed by atoms with Crippen LogP contribution in [0.2, 0.25) is 0 Å². The standard InChI is InChI=1S/C21H29N3O2S/c1-15(21(26)22-18-6-7-18)23-9-11-24(12-10-23)20(25)14-27-19-8-5-16-3-2-4-17(16)13-19/h5,8,13,15,18H,2-4,6-7,9-12,14H2,1H3,(H,22,26). The molecule has 2 aliphatic carbocycles. The zero-order chi connectivity index (χ0) is 18.8. The zero-order valence-electron chi connectivity index (χ0n) is 16.1. The second-order valence-electron chi connectivity index (χ2n) is 7.95. The van der Waals surface area contributed by atoms with Crippen LogP contribution in [0.1, 0.15) is 37.3 Å². The number of nitrogens with zero attached hydrogens (tertiary/aromatic N) is 2. The average Bonchev–Trinajstić information content (AvgIpc) is 3.38. The highest BCUT2D eigenvalue weighted by Crippen LogP contribution is 2.27.